The van der Waals surface area contributed by atoms with Crippen molar-refractivity contribution in [3.8, 4) is 16.3 Å². The van der Waals surface area contributed by atoms with Crippen molar-refractivity contribution in [1.29, 1.82) is 0 Å². The number of methoxy groups -OCH3 is 1. The predicted octanol–water partition coefficient (Wildman–Crippen LogP) is 3.12. The van der Waals surface area contributed by atoms with Crippen LogP contribution in [0.4, 0.5) is 5.69 Å². The highest BCUT2D eigenvalue weighted by Crippen LogP contribution is 2.26. The number of piperazine rings is 1. The van der Waals surface area contributed by atoms with Crippen molar-refractivity contribution in [1.82, 2.24) is 14.7 Å². The molecule has 3 heterocycles. The fourth-order valence-electron chi connectivity index (χ4n) is 3.35. The molecule has 0 unspecified atom stereocenters. The number of carbonyl (C=O) groups excluding carboxylic acids is 1. The second kappa shape index (κ2) is 7.44. The van der Waals surface area contributed by atoms with Crippen LogP contribution in [0.1, 0.15) is 10.5 Å². The topological polar surface area (TPSA) is 50.6 Å². The second-order valence-electron chi connectivity index (χ2n) is 6.49. The summed E-state index contributed by atoms with van der Waals surface area (Å²) in [5.74, 6) is 0.854. The van der Waals surface area contributed by atoms with E-state index < -0.39 is 0 Å². The predicted molar refractivity (Wildman–Crippen MR) is 108 cm³/mol. The number of thiophene rings is 1. The Hall–Kier alpha value is -2.80. The Bertz CT molecular complexity index is 910. The zero-order valence-electron chi connectivity index (χ0n) is 15.5. The number of amides is 1. The van der Waals surface area contributed by atoms with Crippen molar-refractivity contribution in [2.75, 3.05) is 38.2 Å². The summed E-state index contributed by atoms with van der Waals surface area (Å²) in [6, 6.07) is 14.0. The minimum Gasteiger partial charge on any atom is -0.497 e. The van der Waals surface area contributed by atoms with Crippen LogP contribution in [0.3, 0.4) is 0 Å². The summed E-state index contributed by atoms with van der Waals surface area (Å²) in [6.45, 7) is 3.00. The SMILES string of the molecule is COc1ccc(N2CCN(C(=O)c3cc(-c4cccs4)n(C)n3)CC2)cc1. The van der Waals surface area contributed by atoms with Crippen LogP contribution in [0.15, 0.2) is 47.8 Å². The lowest BCUT2D eigenvalue weighted by molar-refractivity contribution is 0.0740. The quantitative estimate of drug-likeness (QED) is 0.696. The van der Waals surface area contributed by atoms with Gasteiger partial charge in [-0.05, 0) is 41.8 Å². The fraction of sp³-hybridized carbons (Fsp3) is 0.300. The molecule has 7 heteroatoms. The fourth-order valence-corrected chi connectivity index (χ4v) is 4.12. The van der Waals surface area contributed by atoms with Gasteiger partial charge in [0.25, 0.3) is 5.91 Å². The maximum Gasteiger partial charge on any atom is 0.274 e. The van der Waals surface area contributed by atoms with Gasteiger partial charge in [0.2, 0.25) is 0 Å². The molecule has 0 spiro atoms. The van der Waals surface area contributed by atoms with Crippen LogP contribution in [0.5, 0.6) is 5.75 Å². The molecule has 1 amide bonds. The molecule has 0 radical (unpaired) electrons. The van der Waals surface area contributed by atoms with Crippen molar-refractivity contribution in [2.24, 2.45) is 7.05 Å². The summed E-state index contributed by atoms with van der Waals surface area (Å²) in [5.41, 5.74) is 2.64. The first-order chi connectivity index (χ1) is 13.2. The Morgan fingerprint density at radius 3 is 2.48 bits per heavy atom. The monoisotopic (exact) mass is 382 g/mol. The molecule has 2 aromatic heterocycles. The lowest BCUT2D eigenvalue weighted by Gasteiger charge is -2.35. The van der Waals surface area contributed by atoms with Gasteiger partial charge in [-0.15, -0.1) is 11.3 Å². The van der Waals surface area contributed by atoms with Crippen molar-refractivity contribution in [3.63, 3.8) is 0 Å². The number of anilines is 1. The summed E-state index contributed by atoms with van der Waals surface area (Å²) in [7, 11) is 3.55. The minimum absolute atomic E-state index is 0.00258. The molecule has 1 fully saturated rings. The number of aryl methyl sites for hydroxylation is 1. The molecule has 0 aliphatic carbocycles. The van der Waals surface area contributed by atoms with Crippen LogP contribution in [-0.2, 0) is 7.05 Å². The van der Waals surface area contributed by atoms with Gasteiger partial charge in [-0.25, -0.2) is 0 Å². The Balaban J connectivity index is 1.42. The molecule has 1 aromatic carbocycles. The molecule has 0 atom stereocenters. The number of carbonyl (C=O) groups is 1. The average molecular weight is 382 g/mol. The van der Waals surface area contributed by atoms with E-state index in [0.29, 0.717) is 18.8 Å². The van der Waals surface area contributed by atoms with Crippen LogP contribution >= 0.6 is 11.3 Å². The van der Waals surface area contributed by atoms with Crippen LogP contribution in [-0.4, -0.2) is 53.9 Å². The highest BCUT2D eigenvalue weighted by molar-refractivity contribution is 7.13. The Morgan fingerprint density at radius 2 is 1.85 bits per heavy atom. The molecule has 1 aliphatic rings. The highest BCUT2D eigenvalue weighted by Gasteiger charge is 2.25. The molecule has 3 aromatic rings. The lowest BCUT2D eigenvalue weighted by Crippen LogP contribution is -2.48. The van der Waals surface area contributed by atoms with Gasteiger partial charge in [-0.2, -0.15) is 5.10 Å². The van der Waals surface area contributed by atoms with Crippen LogP contribution in [0.25, 0.3) is 10.6 Å². The van der Waals surface area contributed by atoms with Gasteiger partial charge >= 0.3 is 0 Å². The van der Waals surface area contributed by atoms with Gasteiger partial charge < -0.3 is 14.5 Å². The molecular formula is C20H22N4O2S. The van der Waals surface area contributed by atoms with E-state index in [4.69, 9.17) is 4.74 Å². The lowest BCUT2D eigenvalue weighted by atomic mass is 10.2. The first-order valence-corrected chi connectivity index (χ1v) is 9.80. The summed E-state index contributed by atoms with van der Waals surface area (Å²) in [4.78, 5) is 18.2. The number of hydrogen-bond donors (Lipinski definition) is 0. The smallest absolute Gasteiger partial charge is 0.274 e. The van der Waals surface area contributed by atoms with E-state index >= 15 is 0 Å². The third kappa shape index (κ3) is 3.55. The first-order valence-electron chi connectivity index (χ1n) is 8.92. The normalized spacial score (nSPS) is 14.4. The molecule has 140 valence electrons. The summed E-state index contributed by atoms with van der Waals surface area (Å²) in [6.07, 6.45) is 0. The van der Waals surface area contributed by atoms with E-state index in [-0.39, 0.29) is 5.91 Å². The summed E-state index contributed by atoms with van der Waals surface area (Å²) >= 11 is 1.65. The van der Waals surface area contributed by atoms with Crippen molar-refractivity contribution < 1.29 is 9.53 Å². The molecule has 27 heavy (non-hydrogen) atoms. The van der Waals surface area contributed by atoms with E-state index in [2.05, 4.69) is 22.1 Å². The van der Waals surface area contributed by atoms with E-state index in [9.17, 15) is 4.79 Å². The molecule has 1 saturated heterocycles. The number of rotatable bonds is 4. The van der Waals surface area contributed by atoms with E-state index in [1.807, 2.05) is 47.7 Å². The van der Waals surface area contributed by atoms with E-state index in [1.54, 1.807) is 23.1 Å². The maximum atomic E-state index is 12.9. The Labute approximate surface area is 162 Å². The third-order valence-electron chi connectivity index (χ3n) is 4.88. The highest BCUT2D eigenvalue weighted by atomic mass is 32.1. The number of aromatic nitrogens is 2. The third-order valence-corrected chi connectivity index (χ3v) is 5.77. The van der Waals surface area contributed by atoms with Gasteiger partial charge in [0.15, 0.2) is 5.69 Å². The molecule has 0 saturated carbocycles. The van der Waals surface area contributed by atoms with Crippen LogP contribution in [0.2, 0.25) is 0 Å². The van der Waals surface area contributed by atoms with Gasteiger partial charge in [-0.1, -0.05) is 6.07 Å². The average Bonchev–Trinajstić information content (AvgIpc) is 3.37. The second-order valence-corrected chi connectivity index (χ2v) is 7.44. The molecule has 0 N–H and O–H groups in total. The molecule has 6 nitrogen and oxygen atoms in total. The zero-order chi connectivity index (χ0) is 18.8. The zero-order valence-corrected chi connectivity index (χ0v) is 16.3. The number of nitrogens with zero attached hydrogens (tertiary/aromatic N) is 4. The molecule has 0 bridgehead atoms. The summed E-state index contributed by atoms with van der Waals surface area (Å²) < 4.78 is 7.00. The molecule has 4 rings (SSSR count). The minimum atomic E-state index is 0.00258. The number of hydrogen-bond acceptors (Lipinski definition) is 5. The first kappa shape index (κ1) is 17.6. The standard InChI is InChI=1S/C20H22N4O2S/c1-22-18(19-4-3-13-27-19)14-17(21-22)20(25)24-11-9-23(10-12-24)15-5-7-16(26-2)8-6-15/h3-8,13-14H,9-12H2,1-2H3. The van der Waals surface area contributed by atoms with Crippen molar-refractivity contribution in [3.05, 3.63) is 53.5 Å². The van der Waals surface area contributed by atoms with Gasteiger partial charge in [0, 0.05) is 38.9 Å². The van der Waals surface area contributed by atoms with Crippen molar-refractivity contribution in [2.45, 2.75) is 0 Å². The Morgan fingerprint density at radius 1 is 1.11 bits per heavy atom. The van der Waals surface area contributed by atoms with Crippen LogP contribution < -0.4 is 9.64 Å². The van der Waals surface area contributed by atoms with Gasteiger partial charge in [0.1, 0.15) is 5.75 Å². The van der Waals surface area contributed by atoms with Crippen molar-refractivity contribution >= 4 is 22.9 Å². The largest absolute Gasteiger partial charge is 0.497 e. The van der Waals surface area contributed by atoms with Gasteiger partial charge in [-0.3, -0.25) is 9.48 Å². The molecule has 1 aliphatic heterocycles. The Kier molecular flexibility index (Phi) is 4.85. The maximum absolute atomic E-state index is 12.9. The number of benzene rings is 1. The van der Waals surface area contributed by atoms with E-state index in [0.717, 1.165) is 35.1 Å². The summed E-state index contributed by atoms with van der Waals surface area (Å²) in [5, 5.41) is 6.47. The molecular weight excluding hydrogens is 360 g/mol. The van der Waals surface area contributed by atoms with Gasteiger partial charge in [0.05, 0.1) is 17.7 Å². The number of ether oxygens (including phenoxy) is 1. The van der Waals surface area contributed by atoms with E-state index in [1.165, 1.54) is 0 Å². The van der Waals surface area contributed by atoms with Crippen LogP contribution in [0, 0.1) is 0 Å².